The number of hydrogen-bond donors (Lipinski definition) is 2. The molecule has 1 aromatic carbocycles. The Hall–Kier alpha value is -1.55. The molecule has 4 nitrogen and oxygen atoms in total. The third-order valence-electron chi connectivity index (χ3n) is 4.85. The average molecular weight is 288 g/mol. The number of carbonyl (C=O) groups is 1. The molecule has 0 radical (unpaired) electrons. The third kappa shape index (κ3) is 3.05. The van der Waals surface area contributed by atoms with Crippen LogP contribution in [0.25, 0.3) is 0 Å². The lowest BCUT2D eigenvalue weighted by Crippen LogP contribution is -2.42. The molecular weight excluding hydrogens is 264 g/mol. The Bertz CT molecular complexity index is 523. The molecule has 0 bridgehead atoms. The van der Waals surface area contributed by atoms with Crippen LogP contribution in [0.1, 0.15) is 43.6 Å². The van der Waals surface area contributed by atoms with Crippen molar-refractivity contribution in [2.75, 3.05) is 25.5 Å². The number of fused-ring (bicyclic) bond motifs is 1. The van der Waals surface area contributed by atoms with Gasteiger partial charge in [0.25, 0.3) is 0 Å². The number of carbonyl (C=O) groups excluding carboxylic acids is 1. The van der Waals surface area contributed by atoms with Crippen molar-refractivity contribution in [1.82, 2.24) is 4.90 Å². The third-order valence-corrected chi connectivity index (χ3v) is 4.85. The van der Waals surface area contributed by atoms with E-state index in [1.165, 1.54) is 5.56 Å². The Kier molecular flexibility index (Phi) is 3.89. The second-order valence-corrected chi connectivity index (χ2v) is 6.55. The van der Waals surface area contributed by atoms with E-state index in [4.69, 9.17) is 0 Å². The van der Waals surface area contributed by atoms with Gasteiger partial charge in [-0.25, -0.2) is 0 Å². The lowest BCUT2D eigenvalue weighted by molar-refractivity contribution is -0.133. The number of nitrogens with zero attached hydrogens (tertiary/aromatic N) is 1. The molecule has 1 aliphatic heterocycles. The summed E-state index contributed by atoms with van der Waals surface area (Å²) < 4.78 is 0. The minimum absolute atomic E-state index is 0.124. The van der Waals surface area contributed by atoms with Crippen molar-refractivity contribution in [1.29, 1.82) is 0 Å². The van der Waals surface area contributed by atoms with Crippen molar-refractivity contribution >= 4 is 11.6 Å². The number of nitrogens with one attached hydrogen (secondary N) is 1. The summed E-state index contributed by atoms with van der Waals surface area (Å²) in [5.74, 6) is 0.369. The minimum atomic E-state index is -0.657. The average Bonchev–Trinajstić information content (AvgIpc) is 3.06. The zero-order valence-electron chi connectivity index (χ0n) is 12.6. The highest BCUT2D eigenvalue weighted by Crippen LogP contribution is 2.34. The van der Waals surface area contributed by atoms with Crippen LogP contribution in [-0.2, 0) is 4.79 Å². The van der Waals surface area contributed by atoms with E-state index >= 15 is 0 Å². The maximum atomic E-state index is 12.4. The molecule has 0 saturated heterocycles. The van der Waals surface area contributed by atoms with Crippen LogP contribution in [0.2, 0.25) is 0 Å². The maximum absolute atomic E-state index is 12.4. The number of likely N-dealkylation sites (N-methyl/N-ethyl adjacent to an activating group) is 1. The van der Waals surface area contributed by atoms with E-state index < -0.39 is 5.60 Å². The Morgan fingerprint density at radius 3 is 2.86 bits per heavy atom. The van der Waals surface area contributed by atoms with Crippen LogP contribution in [0.15, 0.2) is 24.3 Å². The summed E-state index contributed by atoms with van der Waals surface area (Å²) in [4.78, 5) is 14.1. The highest BCUT2D eigenvalue weighted by molar-refractivity contribution is 5.78. The molecule has 1 heterocycles. The van der Waals surface area contributed by atoms with Gasteiger partial charge in [-0.15, -0.1) is 0 Å². The molecule has 1 saturated carbocycles. The number of rotatable bonds is 4. The van der Waals surface area contributed by atoms with Gasteiger partial charge in [0, 0.05) is 38.2 Å². The van der Waals surface area contributed by atoms with Crippen molar-refractivity contribution in [2.24, 2.45) is 0 Å². The number of aliphatic hydroxyl groups is 1. The normalized spacial score (nSPS) is 22.7. The van der Waals surface area contributed by atoms with Gasteiger partial charge in [0.2, 0.25) is 5.91 Å². The molecule has 114 valence electrons. The van der Waals surface area contributed by atoms with Crippen molar-refractivity contribution in [3.63, 3.8) is 0 Å². The molecule has 2 N–H and O–H groups in total. The Labute approximate surface area is 126 Å². The summed E-state index contributed by atoms with van der Waals surface area (Å²) >= 11 is 0. The number of anilines is 1. The van der Waals surface area contributed by atoms with E-state index in [1.54, 1.807) is 4.90 Å². The molecule has 1 unspecified atom stereocenters. The Balaban J connectivity index is 1.59. The van der Waals surface area contributed by atoms with Gasteiger partial charge in [-0.05, 0) is 24.5 Å². The predicted octanol–water partition coefficient (Wildman–Crippen LogP) is 2.35. The first kappa shape index (κ1) is 14.4. The van der Waals surface area contributed by atoms with Gasteiger partial charge in [0.05, 0.1) is 5.60 Å². The molecule has 1 fully saturated rings. The summed E-state index contributed by atoms with van der Waals surface area (Å²) in [7, 11) is 1.81. The van der Waals surface area contributed by atoms with Crippen molar-refractivity contribution in [3.8, 4) is 0 Å². The Morgan fingerprint density at radius 2 is 2.10 bits per heavy atom. The molecule has 21 heavy (non-hydrogen) atoms. The van der Waals surface area contributed by atoms with E-state index in [-0.39, 0.29) is 11.8 Å². The second kappa shape index (κ2) is 5.68. The van der Waals surface area contributed by atoms with Crippen molar-refractivity contribution in [2.45, 2.75) is 43.6 Å². The molecule has 3 rings (SSSR count). The highest BCUT2D eigenvalue weighted by atomic mass is 16.3. The fourth-order valence-corrected chi connectivity index (χ4v) is 3.63. The van der Waals surface area contributed by atoms with Gasteiger partial charge in [-0.3, -0.25) is 4.79 Å². The molecule has 1 amide bonds. The van der Waals surface area contributed by atoms with E-state index in [2.05, 4.69) is 17.4 Å². The van der Waals surface area contributed by atoms with Crippen LogP contribution in [0.3, 0.4) is 0 Å². The first-order valence-electron chi connectivity index (χ1n) is 7.87. The van der Waals surface area contributed by atoms with Gasteiger partial charge < -0.3 is 15.3 Å². The molecule has 1 atom stereocenters. The van der Waals surface area contributed by atoms with Crippen molar-refractivity contribution < 1.29 is 9.90 Å². The SMILES string of the molecule is CN(CC1(O)CCCC1)C(=O)CC1CNc2ccccc21. The quantitative estimate of drug-likeness (QED) is 0.894. The maximum Gasteiger partial charge on any atom is 0.223 e. The molecule has 4 heteroatoms. The van der Waals surface area contributed by atoms with Crippen LogP contribution in [0.4, 0.5) is 5.69 Å². The van der Waals surface area contributed by atoms with Gasteiger partial charge in [-0.2, -0.15) is 0 Å². The zero-order valence-corrected chi connectivity index (χ0v) is 12.6. The van der Waals surface area contributed by atoms with E-state index in [0.717, 1.165) is 37.9 Å². The topological polar surface area (TPSA) is 52.6 Å². The van der Waals surface area contributed by atoms with Gasteiger partial charge in [0.1, 0.15) is 0 Å². The van der Waals surface area contributed by atoms with E-state index in [0.29, 0.717) is 13.0 Å². The van der Waals surface area contributed by atoms with E-state index in [1.807, 2.05) is 19.2 Å². The standard InChI is InChI=1S/C17H24N2O2/c1-19(12-17(21)8-4-5-9-17)16(20)10-13-11-18-15-7-3-2-6-14(13)15/h2-3,6-7,13,18,21H,4-5,8-12H2,1H3. The van der Waals surface area contributed by atoms with Crippen LogP contribution in [0.5, 0.6) is 0 Å². The van der Waals surface area contributed by atoms with Crippen molar-refractivity contribution in [3.05, 3.63) is 29.8 Å². The fraction of sp³-hybridized carbons (Fsp3) is 0.588. The first-order chi connectivity index (χ1) is 10.1. The number of benzene rings is 1. The number of hydrogen-bond acceptors (Lipinski definition) is 3. The molecule has 0 spiro atoms. The van der Waals surface area contributed by atoms with Crippen LogP contribution >= 0.6 is 0 Å². The molecule has 1 aromatic rings. The lowest BCUT2D eigenvalue weighted by atomic mass is 9.96. The minimum Gasteiger partial charge on any atom is -0.388 e. The molecule has 0 aromatic heterocycles. The number of amides is 1. The lowest BCUT2D eigenvalue weighted by Gasteiger charge is -2.29. The van der Waals surface area contributed by atoms with Gasteiger partial charge >= 0.3 is 0 Å². The summed E-state index contributed by atoms with van der Waals surface area (Å²) in [6.45, 7) is 1.29. The highest BCUT2D eigenvalue weighted by Gasteiger charge is 2.34. The zero-order chi connectivity index (χ0) is 14.9. The van der Waals surface area contributed by atoms with Crippen LogP contribution in [-0.4, -0.2) is 41.7 Å². The molecular formula is C17H24N2O2. The Morgan fingerprint density at radius 1 is 1.38 bits per heavy atom. The van der Waals surface area contributed by atoms with Gasteiger partial charge in [-0.1, -0.05) is 31.0 Å². The van der Waals surface area contributed by atoms with Crippen LogP contribution in [0, 0.1) is 0 Å². The largest absolute Gasteiger partial charge is 0.388 e. The second-order valence-electron chi connectivity index (χ2n) is 6.55. The molecule has 1 aliphatic carbocycles. The smallest absolute Gasteiger partial charge is 0.223 e. The summed E-state index contributed by atoms with van der Waals surface area (Å²) in [6.07, 6.45) is 4.28. The summed E-state index contributed by atoms with van der Waals surface area (Å²) in [5, 5.41) is 13.8. The first-order valence-corrected chi connectivity index (χ1v) is 7.87. The van der Waals surface area contributed by atoms with Gasteiger partial charge in [0.15, 0.2) is 0 Å². The summed E-state index contributed by atoms with van der Waals surface area (Å²) in [6, 6.07) is 8.19. The number of para-hydroxylation sites is 1. The van der Waals surface area contributed by atoms with Crippen LogP contribution < -0.4 is 5.32 Å². The summed E-state index contributed by atoms with van der Waals surface area (Å²) in [5.41, 5.74) is 1.72. The molecule has 2 aliphatic rings. The monoisotopic (exact) mass is 288 g/mol. The predicted molar refractivity (Wildman–Crippen MR) is 83.3 cm³/mol. The fourth-order valence-electron chi connectivity index (χ4n) is 3.63. The van der Waals surface area contributed by atoms with E-state index in [9.17, 15) is 9.90 Å².